The van der Waals surface area contributed by atoms with E-state index >= 15 is 0 Å². The lowest BCUT2D eigenvalue weighted by atomic mass is 9.97. The number of hydrogen-bond donors (Lipinski definition) is 0. The molecule has 0 amide bonds. The molecule has 0 spiro atoms. The molecule has 0 bridgehead atoms. The lowest BCUT2D eigenvalue weighted by Crippen LogP contribution is -2.02. The van der Waals surface area contributed by atoms with Crippen LogP contribution in [0.5, 0.6) is 0 Å². The largest absolute Gasteiger partial charge is 0.300 e. The van der Waals surface area contributed by atoms with Gasteiger partial charge in [-0.2, -0.15) is 0 Å². The van der Waals surface area contributed by atoms with Crippen molar-refractivity contribution in [3.63, 3.8) is 0 Å². The van der Waals surface area contributed by atoms with Crippen molar-refractivity contribution in [2.45, 2.75) is 40.0 Å². The van der Waals surface area contributed by atoms with Gasteiger partial charge in [-0.3, -0.25) is 4.57 Å². The fourth-order valence-electron chi connectivity index (χ4n) is 3.09. The van der Waals surface area contributed by atoms with E-state index in [2.05, 4.69) is 85.8 Å². The van der Waals surface area contributed by atoms with Crippen LogP contribution in [0, 0.1) is 5.92 Å². The molecule has 3 rings (SSSR count). The van der Waals surface area contributed by atoms with Gasteiger partial charge in [-0.25, -0.2) is 4.98 Å². The Kier molecular flexibility index (Phi) is 4.84. The van der Waals surface area contributed by atoms with Crippen molar-refractivity contribution >= 4 is 0 Å². The smallest absolute Gasteiger partial charge is 0.144 e. The molecule has 0 aliphatic rings. The van der Waals surface area contributed by atoms with Gasteiger partial charge in [-0.15, -0.1) is 0 Å². The SMILES string of the molecule is CC(C)Cc1ccccc1-c1nccn1-c1ccc(C(C)C)cc1. The van der Waals surface area contributed by atoms with Gasteiger partial charge in [0.2, 0.25) is 0 Å². The highest BCUT2D eigenvalue weighted by Gasteiger charge is 2.12. The molecule has 2 heteroatoms. The predicted molar refractivity (Wildman–Crippen MR) is 102 cm³/mol. The van der Waals surface area contributed by atoms with Crippen molar-refractivity contribution in [2.75, 3.05) is 0 Å². The van der Waals surface area contributed by atoms with Crippen molar-refractivity contribution in [3.05, 3.63) is 72.1 Å². The van der Waals surface area contributed by atoms with E-state index in [0.717, 1.165) is 17.9 Å². The minimum atomic E-state index is 0.549. The van der Waals surface area contributed by atoms with Crippen LogP contribution in [-0.4, -0.2) is 9.55 Å². The molecular formula is C22H26N2. The maximum absolute atomic E-state index is 4.65. The quantitative estimate of drug-likeness (QED) is 0.576. The van der Waals surface area contributed by atoms with E-state index in [1.54, 1.807) is 0 Å². The van der Waals surface area contributed by atoms with Crippen molar-refractivity contribution in [1.82, 2.24) is 9.55 Å². The topological polar surface area (TPSA) is 17.8 Å². The molecule has 2 aromatic carbocycles. The van der Waals surface area contributed by atoms with E-state index < -0.39 is 0 Å². The molecule has 24 heavy (non-hydrogen) atoms. The number of aromatic nitrogens is 2. The molecular weight excluding hydrogens is 292 g/mol. The Hall–Kier alpha value is -2.35. The molecule has 1 heterocycles. The predicted octanol–water partition coefficient (Wildman–Crippen LogP) is 5.86. The van der Waals surface area contributed by atoms with Gasteiger partial charge in [0.1, 0.15) is 5.82 Å². The maximum atomic E-state index is 4.65. The van der Waals surface area contributed by atoms with Crippen LogP contribution in [0.15, 0.2) is 60.9 Å². The minimum Gasteiger partial charge on any atom is -0.300 e. The number of nitrogens with zero attached hydrogens (tertiary/aromatic N) is 2. The van der Waals surface area contributed by atoms with Crippen molar-refractivity contribution in [2.24, 2.45) is 5.92 Å². The summed E-state index contributed by atoms with van der Waals surface area (Å²) in [6.07, 6.45) is 5.00. The van der Waals surface area contributed by atoms with Gasteiger partial charge in [0.05, 0.1) is 0 Å². The molecule has 0 saturated carbocycles. The van der Waals surface area contributed by atoms with Gasteiger partial charge >= 0.3 is 0 Å². The fourth-order valence-corrected chi connectivity index (χ4v) is 3.09. The zero-order valence-electron chi connectivity index (χ0n) is 15.0. The maximum Gasteiger partial charge on any atom is 0.144 e. The van der Waals surface area contributed by atoms with E-state index in [1.165, 1.54) is 16.7 Å². The lowest BCUT2D eigenvalue weighted by molar-refractivity contribution is 0.647. The molecule has 0 aliphatic heterocycles. The Bertz CT molecular complexity index is 795. The second-order valence-corrected chi connectivity index (χ2v) is 7.12. The molecule has 2 nitrogen and oxygen atoms in total. The average molecular weight is 318 g/mol. The summed E-state index contributed by atoms with van der Waals surface area (Å²) in [5.74, 6) is 2.19. The van der Waals surface area contributed by atoms with Gasteiger partial charge < -0.3 is 0 Å². The Labute approximate surface area is 145 Å². The van der Waals surface area contributed by atoms with Gasteiger partial charge in [0, 0.05) is 23.6 Å². The molecule has 0 fully saturated rings. The van der Waals surface area contributed by atoms with Gasteiger partial charge in [-0.1, -0.05) is 64.1 Å². The fraction of sp³-hybridized carbons (Fsp3) is 0.318. The lowest BCUT2D eigenvalue weighted by Gasteiger charge is -2.14. The summed E-state index contributed by atoms with van der Waals surface area (Å²) in [6, 6.07) is 17.4. The first-order valence-electron chi connectivity index (χ1n) is 8.78. The Morgan fingerprint density at radius 1 is 0.917 bits per heavy atom. The Morgan fingerprint density at radius 3 is 2.29 bits per heavy atom. The van der Waals surface area contributed by atoms with Crippen LogP contribution in [0.1, 0.15) is 44.7 Å². The molecule has 3 aromatic rings. The number of benzene rings is 2. The summed E-state index contributed by atoms with van der Waals surface area (Å²) in [5, 5.41) is 0. The highest BCUT2D eigenvalue weighted by atomic mass is 15.1. The van der Waals surface area contributed by atoms with E-state index in [9.17, 15) is 0 Å². The summed E-state index contributed by atoms with van der Waals surface area (Å²) in [7, 11) is 0. The Balaban J connectivity index is 2.02. The second-order valence-electron chi connectivity index (χ2n) is 7.12. The van der Waals surface area contributed by atoms with Crippen molar-refractivity contribution in [1.29, 1.82) is 0 Å². The first-order chi connectivity index (χ1) is 11.6. The molecule has 0 atom stereocenters. The third-order valence-electron chi connectivity index (χ3n) is 4.37. The normalized spacial score (nSPS) is 11.4. The number of rotatable bonds is 5. The third-order valence-corrected chi connectivity index (χ3v) is 4.37. The number of imidazole rings is 1. The highest BCUT2D eigenvalue weighted by molar-refractivity contribution is 5.63. The van der Waals surface area contributed by atoms with E-state index in [1.807, 2.05) is 12.4 Å². The summed E-state index contributed by atoms with van der Waals surface area (Å²) in [6.45, 7) is 8.96. The van der Waals surface area contributed by atoms with Crippen LogP contribution in [-0.2, 0) is 6.42 Å². The van der Waals surface area contributed by atoms with E-state index in [4.69, 9.17) is 0 Å². The zero-order valence-corrected chi connectivity index (χ0v) is 15.0. The summed E-state index contributed by atoms with van der Waals surface area (Å²) in [4.78, 5) is 4.65. The highest BCUT2D eigenvalue weighted by Crippen LogP contribution is 2.27. The van der Waals surface area contributed by atoms with Crippen LogP contribution in [0.2, 0.25) is 0 Å². The molecule has 0 unspecified atom stereocenters. The molecule has 0 radical (unpaired) electrons. The molecule has 0 aliphatic carbocycles. The summed E-state index contributed by atoms with van der Waals surface area (Å²) in [5.41, 5.74) is 5.11. The van der Waals surface area contributed by atoms with Gasteiger partial charge in [0.15, 0.2) is 0 Å². The average Bonchev–Trinajstić information content (AvgIpc) is 3.04. The first-order valence-corrected chi connectivity index (χ1v) is 8.78. The molecule has 124 valence electrons. The Morgan fingerprint density at radius 2 is 1.62 bits per heavy atom. The van der Waals surface area contributed by atoms with Crippen LogP contribution in [0.4, 0.5) is 0 Å². The first kappa shape index (κ1) is 16.5. The van der Waals surface area contributed by atoms with Crippen LogP contribution in [0.25, 0.3) is 17.1 Å². The monoisotopic (exact) mass is 318 g/mol. The summed E-state index contributed by atoms with van der Waals surface area (Å²) >= 11 is 0. The minimum absolute atomic E-state index is 0.549. The number of hydrogen-bond acceptors (Lipinski definition) is 1. The van der Waals surface area contributed by atoms with E-state index in [-0.39, 0.29) is 0 Å². The van der Waals surface area contributed by atoms with E-state index in [0.29, 0.717) is 11.8 Å². The van der Waals surface area contributed by atoms with Crippen LogP contribution < -0.4 is 0 Å². The van der Waals surface area contributed by atoms with Gasteiger partial charge in [0.25, 0.3) is 0 Å². The van der Waals surface area contributed by atoms with Gasteiger partial charge in [-0.05, 0) is 41.5 Å². The molecule has 0 N–H and O–H groups in total. The zero-order chi connectivity index (χ0) is 17.1. The van der Waals surface area contributed by atoms with Crippen molar-refractivity contribution in [3.8, 4) is 17.1 Å². The standard InChI is InChI=1S/C22H26N2/c1-16(2)15-19-7-5-6-8-21(19)22-23-13-14-24(22)20-11-9-18(10-12-20)17(3)4/h5-14,16-17H,15H2,1-4H3. The van der Waals surface area contributed by atoms with Crippen molar-refractivity contribution < 1.29 is 0 Å². The van der Waals surface area contributed by atoms with Crippen LogP contribution in [0.3, 0.4) is 0 Å². The molecule has 1 aromatic heterocycles. The third kappa shape index (κ3) is 3.43. The molecule has 0 saturated heterocycles. The summed E-state index contributed by atoms with van der Waals surface area (Å²) < 4.78 is 2.18. The second kappa shape index (κ2) is 7.04. The van der Waals surface area contributed by atoms with Crippen LogP contribution >= 0.6 is 0 Å².